The van der Waals surface area contributed by atoms with E-state index in [1.807, 2.05) is 13.8 Å². The zero-order valence-electron chi connectivity index (χ0n) is 15.0. The third-order valence-electron chi connectivity index (χ3n) is 4.56. The van der Waals surface area contributed by atoms with Crippen LogP contribution in [0, 0.1) is 10.1 Å². The van der Waals surface area contributed by atoms with E-state index in [0.29, 0.717) is 5.75 Å². The number of hydrogen-bond donors (Lipinski definition) is 0. The number of carbonyl (C=O) groups excluding carboxylic acids is 1. The number of nitrogens with zero attached hydrogens (tertiary/aromatic N) is 2. The number of piperidine rings is 1. The van der Waals surface area contributed by atoms with Crippen molar-refractivity contribution in [1.29, 1.82) is 0 Å². The molecule has 0 bridgehead atoms. The molecule has 1 amide bonds. The van der Waals surface area contributed by atoms with Gasteiger partial charge in [-0.15, -0.1) is 0 Å². The van der Waals surface area contributed by atoms with Gasteiger partial charge in [0, 0.05) is 18.2 Å². The van der Waals surface area contributed by atoms with Gasteiger partial charge in [-0.2, -0.15) is 0 Å². The Labute approximate surface area is 146 Å². The van der Waals surface area contributed by atoms with E-state index in [4.69, 9.17) is 14.2 Å². The second kappa shape index (κ2) is 8.04. The van der Waals surface area contributed by atoms with E-state index in [1.54, 1.807) is 4.90 Å². The minimum Gasteiger partial charge on any atom is -0.496 e. The molecule has 1 aliphatic rings. The van der Waals surface area contributed by atoms with Crippen molar-refractivity contribution in [3.05, 3.63) is 27.8 Å². The molecule has 0 spiro atoms. The maximum atomic E-state index is 12.5. The maximum Gasteiger partial charge on any atom is 0.410 e. The van der Waals surface area contributed by atoms with Crippen LogP contribution in [-0.4, -0.2) is 42.2 Å². The lowest BCUT2D eigenvalue weighted by Gasteiger charge is -2.38. The lowest BCUT2D eigenvalue weighted by Crippen LogP contribution is -2.47. The van der Waals surface area contributed by atoms with Crippen LogP contribution in [0.15, 0.2) is 12.1 Å². The van der Waals surface area contributed by atoms with Crippen LogP contribution in [0.25, 0.3) is 0 Å². The van der Waals surface area contributed by atoms with Crippen LogP contribution in [-0.2, 0) is 11.3 Å². The molecule has 8 heteroatoms. The summed E-state index contributed by atoms with van der Waals surface area (Å²) in [6.45, 7) is 3.72. The Hall–Kier alpha value is -2.51. The van der Waals surface area contributed by atoms with Crippen molar-refractivity contribution in [2.75, 3.05) is 14.2 Å². The van der Waals surface area contributed by atoms with Gasteiger partial charge in [0.25, 0.3) is 5.69 Å². The van der Waals surface area contributed by atoms with E-state index in [1.165, 1.54) is 26.4 Å². The molecule has 1 aliphatic heterocycles. The first kappa shape index (κ1) is 18.8. The summed E-state index contributed by atoms with van der Waals surface area (Å²) in [5.74, 6) is 0.551. The van der Waals surface area contributed by atoms with Crippen molar-refractivity contribution in [2.45, 2.75) is 51.8 Å². The van der Waals surface area contributed by atoms with Gasteiger partial charge in [0.05, 0.1) is 25.2 Å². The number of rotatable bonds is 5. The average Bonchev–Trinajstić information content (AvgIpc) is 2.58. The number of benzene rings is 1. The highest BCUT2D eigenvalue weighted by Gasteiger charge is 2.31. The monoisotopic (exact) mass is 352 g/mol. The van der Waals surface area contributed by atoms with E-state index in [2.05, 4.69) is 0 Å². The quantitative estimate of drug-likeness (QED) is 0.595. The summed E-state index contributed by atoms with van der Waals surface area (Å²) in [6.07, 6.45) is 2.45. The van der Waals surface area contributed by atoms with Crippen LogP contribution < -0.4 is 9.47 Å². The van der Waals surface area contributed by atoms with Gasteiger partial charge in [-0.1, -0.05) is 0 Å². The normalized spacial score (nSPS) is 20.1. The molecule has 1 aromatic carbocycles. The van der Waals surface area contributed by atoms with E-state index >= 15 is 0 Å². The molecule has 8 nitrogen and oxygen atoms in total. The number of likely N-dealkylation sites (tertiary alicyclic amines) is 1. The lowest BCUT2D eigenvalue weighted by atomic mass is 9.98. The molecule has 1 saturated heterocycles. The van der Waals surface area contributed by atoms with Crippen molar-refractivity contribution in [1.82, 2.24) is 4.90 Å². The molecule has 138 valence electrons. The summed E-state index contributed by atoms with van der Waals surface area (Å²) in [4.78, 5) is 25.0. The SMILES string of the molecule is COc1cc(OC)c(COC(=O)N2C(C)CCCC2C)c([N+](=O)[O-])c1. The summed E-state index contributed by atoms with van der Waals surface area (Å²) in [7, 11) is 2.82. The molecule has 2 atom stereocenters. The Kier molecular flexibility index (Phi) is 6.06. The molecule has 0 radical (unpaired) electrons. The highest BCUT2D eigenvalue weighted by atomic mass is 16.6. The first-order chi connectivity index (χ1) is 11.9. The van der Waals surface area contributed by atoms with Gasteiger partial charge in [-0.05, 0) is 33.1 Å². The highest BCUT2D eigenvalue weighted by Crippen LogP contribution is 2.34. The number of methoxy groups -OCH3 is 2. The smallest absolute Gasteiger partial charge is 0.410 e. The van der Waals surface area contributed by atoms with E-state index in [-0.39, 0.29) is 35.7 Å². The molecule has 2 rings (SSSR count). The summed E-state index contributed by atoms with van der Waals surface area (Å²) in [5, 5.41) is 11.4. The molecule has 0 aliphatic carbocycles. The molecular formula is C17H24N2O6. The fourth-order valence-electron chi connectivity index (χ4n) is 3.20. The average molecular weight is 352 g/mol. The van der Waals surface area contributed by atoms with Gasteiger partial charge < -0.3 is 19.1 Å². The molecule has 1 heterocycles. The van der Waals surface area contributed by atoms with Crippen LogP contribution in [0.2, 0.25) is 0 Å². The predicted octanol–water partition coefficient (Wildman–Crippen LogP) is 3.51. The Morgan fingerprint density at radius 2 is 1.88 bits per heavy atom. The summed E-state index contributed by atoms with van der Waals surface area (Å²) < 4.78 is 15.6. The standard InChI is InChI=1S/C17H24N2O6/c1-11-6-5-7-12(2)18(11)17(20)25-10-14-15(19(21)22)8-13(23-3)9-16(14)24-4/h8-9,11-12H,5-7,10H2,1-4H3. The van der Waals surface area contributed by atoms with Crippen LogP contribution in [0.5, 0.6) is 11.5 Å². The fourth-order valence-corrected chi connectivity index (χ4v) is 3.20. The predicted molar refractivity (Wildman–Crippen MR) is 91.0 cm³/mol. The molecule has 0 saturated carbocycles. The number of nitro groups is 1. The summed E-state index contributed by atoms with van der Waals surface area (Å²) in [5.41, 5.74) is 0.00251. The third-order valence-corrected chi connectivity index (χ3v) is 4.56. The van der Waals surface area contributed by atoms with E-state index in [0.717, 1.165) is 19.3 Å². The number of carbonyl (C=O) groups is 1. The second-order valence-corrected chi connectivity index (χ2v) is 6.18. The second-order valence-electron chi connectivity index (χ2n) is 6.18. The minimum absolute atomic E-state index is 0.0870. The molecule has 0 N–H and O–H groups in total. The first-order valence-corrected chi connectivity index (χ1v) is 8.23. The Morgan fingerprint density at radius 1 is 1.24 bits per heavy atom. The van der Waals surface area contributed by atoms with Crippen molar-refractivity contribution < 1.29 is 23.9 Å². The summed E-state index contributed by atoms with van der Waals surface area (Å²) in [6, 6.07) is 2.99. The van der Waals surface area contributed by atoms with Crippen molar-refractivity contribution in [2.24, 2.45) is 0 Å². The van der Waals surface area contributed by atoms with Crippen molar-refractivity contribution in [3.63, 3.8) is 0 Å². The zero-order chi connectivity index (χ0) is 18.6. The number of hydrogen-bond acceptors (Lipinski definition) is 6. The van der Waals surface area contributed by atoms with Gasteiger partial charge >= 0.3 is 6.09 Å². The number of ether oxygens (including phenoxy) is 3. The maximum absolute atomic E-state index is 12.5. The van der Waals surface area contributed by atoms with Gasteiger partial charge in [0.2, 0.25) is 0 Å². The highest BCUT2D eigenvalue weighted by molar-refractivity contribution is 5.69. The van der Waals surface area contributed by atoms with Gasteiger partial charge in [-0.3, -0.25) is 10.1 Å². The third kappa shape index (κ3) is 4.12. The molecule has 25 heavy (non-hydrogen) atoms. The largest absolute Gasteiger partial charge is 0.496 e. The van der Waals surface area contributed by atoms with Crippen molar-refractivity contribution in [3.8, 4) is 11.5 Å². The molecular weight excluding hydrogens is 328 g/mol. The summed E-state index contributed by atoms with van der Waals surface area (Å²) >= 11 is 0. The fraction of sp³-hybridized carbons (Fsp3) is 0.588. The van der Waals surface area contributed by atoms with Crippen LogP contribution in [0.3, 0.4) is 0 Å². The Morgan fingerprint density at radius 3 is 2.40 bits per heavy atom. The van der Waals surface area contributed by atoms with Crippen LogP contribution in [0.4, 0.5) is 10.5 Å². The van der Waals surface area contributed by atoms with Gasteiger partial charge in [-0.25, -0.2) is 4.79 Å². The van der Waals surface area contributed by atoms with Gasteiger partial charge in [0.1, 0.15) is 23.7 Å². The molecule has 1 aromatic rings. The first-order valence-electron chi connectivity index (χ1n) is 8.23. The number of nitro benzene ring substituents is 1. The van der Waals surface area contributed by atoms with Crippen LogP contribution >= 0.6 is 0 Å². The number of amides is 1. The Bertz CT molecular complexity index is 638. The lowest BCUT2D eigenvalue weighted by molar-refractivity contribution is -0.386. The zero-order valence-corrected chi connectivity index (χ0v) is 15.0. The topological polar surface area (TPSA) is 91.1 Å². The molecule has 0 aromatic heterocycles. The van der Waals surface area contributed by atoms with E-state index in [9.17, 15) is 14.9 Å². The minimum atomic E-state index is -0.541. The molecule has 2 unspecified atom stereocenters. The van der Waals surface area contributed by atoms with Crippen LogP contribution in [0.1, 0.15) is 38.7 Å². The van der Waals surface area contributed by atoms with Crippen molar-refractivity contribution >= 4 is 11.8 Å². The van der Waals surface area contributed by atoms with E-state index < -0.39 is 11.0 Å². The molecule has 1 fully saturated rings. The Balaban J connectivity index is 2.21. The van der Waals surface area contributed by atoms with Gasteiger partial charge in [0.15, 0.2) is 0 Å².